The van der Waals surface area contributed by atoms with Gasteiger partial charge in [0.05, 0.1) is 12.7 Å². The number of benzene rings is 1. The third kappa shape index (κ3) is 3.58. The highest BCUT2D eigenvalue weighted by atomic mass is 16.5. The summed E-state index contributed by atoms with van der Waals surface area (Å²) in [6.45, 7) is 2.34. The minimum atomic E-state index is -0.0622. The minimum Gasteiger partial charge on any atom is -0.496 e. The predicted molar refractivity (Wildman–Crippen MR) is 86.9 cm³/mol. The van der Waals surface area contributed by atoms with Crippen LogP contribution < -0.4 is 10.1 Å². The van der Waals surface area contributed by atoms with Crippen molar-refractivity contribution >= 4 is 0 Å². The number of hydrogen-bond donors (Lipinski definition) is 1. The Morgan fingerprint density at radius 1 is 1.33 bits per heavy atom. The Hall–Kier alpha value is -1.06. The van der Waals surface area contributed by atoms with Crippen LogP contribution in [0.4, 0.5) is 0 Å². The molecule has 1 aromatic rings. The maximum absolute atomic E-state index is 6.04. The molecular formula is C18H29NO2. The van der Waals surface area contributed by atoms with Crippen molar-refractivity contribution in [2.24, 2.45) is 5.92 Å². The maximum Gasteiger partial charge on any atom is 0.122 e. The average Bonchev–Trinajstić information content (AvgIpc) is 2.52. The van der Waals surface area contributed by atoms with Gasteiger partial charge in [-0.05, 0) is 43.9 Å². The van der Waals surface area contributed by atoms with Gasteiger partial charge in [0.25, 0.3) is 0 Å². The summed E-state index contributed by atoms with van der Waals surface area (Å²) in [7, 11) is 5.65. The molecule has 2 rings (SSSR count). The molecule has 1 aliphatic rings. The molecule has 0 aromatic heterocycles. The number of para-hydroxylation sites is 1. The van der Waals surface area contributed by atoms with Crippen LogP contribution in [0, 0.1) is 5.92 Å². The van der Waals surface area contributed by atoms with Crippen molar-refractivity contribution in [1.82, 2.24) is 5.32 Å². The first-order valence-corrected chi connectivity index (χ1v) is 7.99. The lowest BCUT2D eigenvalue weighted by molar-refractivity contribution is -0.0776. The molecule has 3 nitrogen and oxygen atoms in total. The van der Waals surface area contributed by atoms with Crippen LogP contribution in [0.15, 0.2) is 24.3 Å². The molecule has 3 heteroatoms. The summed E-state index contributed by atoms with van der Waals surface area (Å²) in [6.07, 6.45) is 5.76. The summed E-state index contributed by atoms with van der Waals surface area (Å²) < 4.78 is 11.5. The van der Waals surface area contributed by atoms with Gasteiger partial charge in [0.15, 0.2) is 0 Å². The first-order valence-electron chi connectivity index (χ1n) is 7.99. The van der Waals surface area contributed by atoms with Crippen molar-refractivity contribution in [3.8, 4) is 5.75 Å². The number of nitrogens with one attached hydrogen (secondary N) is 1. The lowest BCUT2D eigenvalue weighted by Gasteiger charge is -2.44. The van der Waals surface area contributed by atoms with Gasteiger partial charge in [-0.1, -0.05) is 38.0 Å². The van der Waals surface area contributed by atoms with Gasteiger partial charge in [0, 0.05) is 13.2 Å². The van der Waals surface area contributed by atoms with E-state index in [0.29, 0.717) is 6.04 Å². The summed E-state index contributed by atoms with van der Waals surface area (Å²) in [6, 6.07) is 8.59. The van der Waals surface area contributed by atoms with Gasteiger partial charge in [-0.2, -0.15) is 0 Å². The first kappa shape index (κ1) is 16.3. The summed E-state index contributed by atoms with van der Waals surface area (Å²) in [5.41, 5.74) is 1.18. The van der Waals surface area contributed by atoms with Crippen LogP contribution in [0.25, 0.3) is 0 Å². The van der Waals surface area contributed by atoms with Crippen molar-refractivity contribution in [2.45, 2.75) is 50.7 Å². The molecule has 0 saturated heterocycles. The van der Waals surface area contributed by atoms with Crippen molar-refractivity contribution < 1.29 is 9.47 Å². The lowest BCUT2D eigenvalue weighted by atomic mass is 9.73. The Morgan fingerprint density at radius 3 is 2.71 bits per heavy atom. The monoisotopic (exact) mass is 291 g/mol. The molecule has 0 aliphatic heterocycles. The third-order valence-corrected chi connectivity index (χ3v) is 5.00. The summed E-state index contributed by atoms with van der Waals surface area (Å²) >= 11 is 0. The van der Waals surface area contributed by atoms with Crippen molar-refractivity contribution in [1.29, 1.82) is 0 Å². The molecule has 0 bridgehead atoms. The van der Waals surface area contributed by atoms with Crippen molar-refractivity contribution in [3.05, 3.63) is 29.8 Å². The lowest BCUT2D eigenvalue weighted by Crippen LogP contribution is -2.54. The van der Waals surface area contributed by atoms with Gasteiger partial charge in [-0.25, -0.2) is 0 Å². The highest BCUT2D eigenvalue weighted by Crippen LogP contribution is 2.38. The molecule has 21 heavy (non-hydrogen) atoms. The van der Waals surface area contributed by atoms with Crippen LogP contribution in [0.3, 0.4) is 0 Å². The van der Waals surface area contributed by atoms with Crippen molar-refractivity contribution in [2.75, 3.05) is 21.3 Å². The number of rotatable bonds is 6. The van der Waals surface area contributed by atoms with E-state index in [9.17, 15) is 0 Å². The molecule has 0 heterocycles. The Morgan fingerprint density at radius 2 is 2.10 bits per heavy atom. The van der Waals surface area contributed by atoms with Gasteiger partial charge in [-0.3, -0.25) is 0 Å². The fourth-order valence-electron chi connectivity index (χ4n) is 3.83. The second-order valence-electron chi connectivity index (χ2n) is 6.33. The molecule has 1 fully saturated rings. The zero-order valence-corrected chi connectivity index (χ0v) is 13.8. The average molecular weight is 291 g/mol. The maximum atomic E-state index is 6.04. The smallest absolute Gasteiger partial charge is 0.122 e. The molecule has 0 radical (unpaired) electrons. The quantitative estimate of drug-likeness (QED) is 0.871. The SMILES string of the molecule is CNC(Cc1ccccc1OC)C1(OC)CCCC(C)C1. The van der Waals surface area contributed by atoms with E-state index in [2.05, 4.69) is 24.4 Å². The van der Waals surface area contributed by atoms with Gasteiger partial charge >= 0.3 is 0 Å². The third-order valence-electron chi connectivity index (χ3n) is 5.00. The zero-order chi connectivity index (χ0) is 15.3. The second kappa shape index (κ2) is 7.28. The van der Waals surface area contributed by atoms with Crippen LogP contribution in [0.1, 0.15) is 38.2 Å². The standard InChI is InChI=1S/C18H29NO2/c1-14-8-7-11-18(13-14,21-4)17(19-2)12-15-9-5-6-10-16(15)20-3/h5-6,9-10,14,17,19H,7-8,11-13H2,1-4H3. The van der Waals surface area contributed by atoms with Crippen molar-refractivity contribution in [3.63, 3.8) is 0 Å². The number of methoxy groups -OCH3 is 2. The van der Waals surface area contributed by atoms with E-state index in [4.69, 9.17) is 9.47 Å². The fourth-order valence-corrected chi connectivity index (χ4v) is 3.83. The van der Waals surface area contributed by atoms with Crippen LogP contribution in [0.5, 0.6) is 5.75 Å². The van der Waals surface area contributed by atoms with Crippen LogP contribution >= 0.6 is 0 Å². The van der Waals surface area contributed by atoms with E-state index in [-0.39, 0.29) is 5.60 Å². The molecule has 1 aliphatic carbocycles. The number of likely N-dealkylation sites (N-methyl/N-ethyl adjacent to an activating group) is 1. The van der Waals surface area contributed by atoms with Gasteiger partial charge in [0.2, 0.25) is 0 Å². The molecule has 118 valence electrons. The van der Waals surface area contributed by atoms with Gasteiger partial charge in [0.1, 0.15) is 5.75 Å². The summed E-state index contributed by atoms with van der Waals surface area (Å²) in [4.78, 5) is 0. The number of hydrogen-bond acceptors (Lipinski definition) is 3. The zero-order valence-electron chi connectivity index (χ0n) is 13.8. The molecule has 1 aromatic carbocycles. The van der Waals surface area contributed by atoms with E-state index in [1.54, 1.807) is 7.11 Å². The van der Waals surface area contributed by atoms with Gasteiger partial charge < -0.3 is 14.8 Å². The van der Waals surface area contributed by atoms with E-state index in [0.717, 1.165) is 30.9 Å². The Balaban J connectivity index is 2.21. The molecule has 3 unspecified atom stereocenters. The Labute approximate surface area is 129 Å². The van der Waals surface area contributed by atoms with E-state index in [1.165, 1.54) is 18.4 Å². The molecule has 0 amide bonds. The molecule has 3 atom stereocenters. The van der Waals surface area contributed by atoms with E-state index in [1.807, 2.05) is 26.3 Å². The highest BCUT2D eigenvalue weighted by Gasteiger charge is 2.41. The molecular weight excluding hydrogens is 262 g/mol. The topological polar surface area (TPSA) is 30.5 Å². The Bertz CT molecular complexity index is 449. The van der Waals surface area contributed by atoms with Crippen LogP contribution in [-0.4, -0.2) is 32.9 Å². The summed E-state index contributed by atoms with van der Waals surface area (Å²) in [5.74, 6) is 1.69. The molecule has 1 saturated carbocycles. The second-order valence-corrected chi connectivity index (χ2v) is 6.33. The molecule has 1 N–H and O–H groups in total. The molecule has 0 spiro atoms. The summed E-state index contributed by atoms with van der Waals surface area (Å²) in [5, 5.41) is 3.50. The van der Waals surface area contributed by atoms with Gasteiger partial charge in [-0.15, -0.1) is 0 Å². The largest absolute Gasteiger partial charge is 0.496 e. The number of ether oxygens (including phenoxy) is 2. The van der Waals surface area contributed by atoms with Crippen LogP contribution in [-0.2, 0) is 11.2 Å². The Kier molecular flexibility index (Phi) is 5.65. The fraction of sp³-hybridized carbons (Fsp3) is 0.667. The first-order chi connectivity index (χ1) is 10.1. The highest BCUT2D eigenvalue weighted by molar-refractivity contribution is 5.34. The van der Waals surface area contributed by atoms with E-state index < -0.39 is 0 Å². The normalized spacial score (nSPS) is 27.3. The van der Waals surface area contributed by atoms with Crippen LogP contribution in [0.2, 0.25) is 0 Å². The van der Waals surface area contributed by atoms with E-state index >= 15 is 0 Å². The predicted octanol–water partition coefficient (Wildman–Crippen LogP) is 3.42. The minimum absolute atomic E-state index is 0.0622.